The Hall–Kier alpha value is -5.30. The van der Waals surface area contributed by atoms with Gasteiger partial charge in [0.2, 0.25) is 0 Å². The summed E-state index contributed by atoms with van der Waals surface area (Å²) in [5.74, 6) is 0. The van der Waals surface area contributed by atoms with Crippen molar-refractivity contribution in [1.29, 1.82) is 0 Å². The van der Waals surface area contributed by atoms with Crippen LogP contribution in [0, 0.1) is 0 Å². The largest absolute Gasteiger partial charge is 0.340 e. The van der Waals surface area contributed by atoms with Crippen molar-refractivity contribution in [2.24, 2.45) is 0 Å². The molecule has 0 unspecified atom stereocenters. The topological polar surface area (TPSA) is 19.7 Å². The fourth-order valence-corrected chi connectivity index (χ4v) is 12.1. The fourth-order valence-electron chi connectivity index (χ4n) is 12.1. The van der Waals surface area contributed by atoms with Gasteiger partial charge in [-0.05, 0) is 166 Å². The first kappa shape index (κ1) is 52.7. The number of hydrogen-bond donors (Lipinski definition) is 0. The van der Waals surface area contributed by atoms with E-state index in [1.807, 2.05) is 0 Å². The Kier molecular flexibility index (Phi) is 15.7. The predicted octanol–water partition coefficient (Wildman–Crippen LogP) is 22.5. The third-order valence-electron chi connectivity index (χ3n) is 15.7. The molecule has 4 heterocycles. The molecule has 0 saturated heterocycles. The van der Waals surface area contributed by atoms with Crippen LogP contribution in [-0.2, 0) is 26.2 Å². The summed E-state index contributed by atoms with van der Waals surface area (Å²) in [4.78, 5) is 0. The lowest BCUT2D eigenvalue weighted by Crippen LogP contribution is -1.97. The molecule has 0 fully saturated rings. The van der Waals surface area contributed by atoms with Crippen molar-refractivity contribution in [3.8, 4) is 0 Å². The van der Waals surface area contributed by atoms with Crippen LogP contribution >= 0.6 is 69.6 Å². The van der Waals surface area contributed by atoms with E-state index in [9.17, 15) is 0 Å². The first-order valence-corrected chi connectivity index (χ1v) is 29.7. The molecule has 388 valence electrons. The number of benzene rings is 8. The summed E-state index contributed by atoms with van der Waals surface area (Å²) in [7, 11) is 0. The van der Waals surface area contributed by atoms with Crippen molar-refractivity contribution in [3.63, 3.8) is 0 Å². The molecule has 0 N–H and O–H groups in total. The zero-order valence-electron chi connectivity index (χ0n) is 43.6. The maximum Gasteiger partial charge on any atom is 0.180 e. The molecule has 0 saturated carbocycles. The van der Waals surface area contributed by atoms with E-state index in [0.29, 0.717) is 0 Å². The summed E-state index contributed by atoms with van der Waals surface area (Å²) < 4.78 is 8.79. The Morgan fingerprint density at radius 3 is 0.500 bits per heavy atom. The number of aryl methyl sites for hydroxylation is 4. The van der Waals surface area contributed by atoms with Gasteiger partial charge in [-0.25, -0.2) is 0 Å². The van der Waals surface area contributed by atoms with Crippen LogP contribution in [0.15, 0.2) is 146 Å². The monoisotopic (exact) mass is 1120 g/mol. The Balaban J connectivity index is 0.000000723. The van der Waals surface area contributed by atoms with Gasteiger partial charge in [0.25, 0.3) is 0 Å². The van der Waals surface area contributed by atoms with E-state index in [-0.39, 0.29) is 0 Å². The van der Waals surface area contributed by atoms with E-state index < -0.39 is 8.59 Å². The van der Waals surface area contributed by atoms with Crippen LogP contribution in [-0.4, -0.2) is 26.9 Å². The highest BCUT2D eigenvalue weighted by molar-refractivity contribution is 6.63. The van der Waals surface area contributed by atoms with Gasteiger partial charge in [-0.1, -0.05) is 172 Å². The minimum Gasteiger partial charge on any atom is -0.340 e. The normalized spacial score (nSPS) is 12.2. The smallest absolute Gasteiger partial charge is 0.180 e. The standard InChI is InChI=1S/C64H60N4.2CHCl3/c1-5-9-29-65-57-21-13-41-33-49(57)50-34-42(14-22-58(50)65)44-16-24-60-52(36-44)54-38-46(18-26-62(54)67(60)31-11-7-3)48-20-28-64-56(40-48)55-39-47(19-27-63(55)68(64)32-12-8-4)45-17-25-61-53(37-45)51-35-43(41)15-23-59(51)66(61)30-10-6-2;2*2-1(3)4/h13-28,33-40H,5-12,29-32H2,1-4H3;2*1H. The van der Waals surface area contributed by atoms with E-state index in [1.54, 1.807) is 0 Å². The van der Waals surface area contributed by atoms with Crippen molar-refractivity contribution in [1.82, 2.24) is 18.3 Å². The Morgan fingerprint density at radius 2 is 0.382 bits per heavy atom. The van der Waals surface area contributed by atoms with E-state index in [4.69, 9.17) is 69.6 Å². The second-order valence-corrected chi connectivity index (χ2v) is 24.3. The van der Waals surface area contributed by atoms with Crippen LogP contribution in [0.1, 0.15) is 79.1 Å². The lowest BCUT2D eigenvalue weighted by Gasteiger charge is -2.07. The van der Waals surface area contributed by atoms with E-state index >= 15 is 0 Å². The summed E-state index contributed by atoms with van der Waals surface area (Å²) in [6.07, 6.45) is 9.25. The number of hydrogen-bond acceptors (Lipinski definition) is 0. The van der Waals surface area contributed by atoms with Gasteiger partial charge in [-0.15, -0.1) is 0 Å². The average molecular weight is 1120 g/mol. The molecule has 0 atom stereocenters. The molecule has 0 aliphatic heterocycles. The summed E-state index contributed by atoms with van der Waals surface area (Å²) in [6.45, 7) is 13.2. The second-order valence-electron chi connectivity index (χ2n) is 20.4. The molecule has 76 heavy (non-hydrogen) atoms. The van der Waals surface area contributed by atoms with Crippen LogP contribution in [0.3, 0.4) is 0 Å². The number of aromatic nitrogens is 4. The van der Waals surface area contributed by atoms with Gasteiger partial charge in [0.1, 0.15) is 0 Å². The lowest BCUT2D eigenvalue weighted by molar-refractivity contribution is 0.665. The Morgan fingerprint density at radius 1 is 0.250 bits per heavy atom. The molecule has 9 aromatic carbocycles. The molecule has 0 aliphatic rings. The summed E-state index contributed by atoms with van der Waals surface area (Å²) in [6, 6.07) is 57.9. The zero-order valence-corrected chi connectivity index (χ0v) is 48.1. The fraction of sp³-hybridized carbons (Fsp3) is 0.273. The van der Waals surface area contributed by atoms with Gasteiger partial charge >= 0.3 is 0 Å². The van der Waals surface area contributed by atoms with Crippen LogP contribution in [0.5, 0.6) is 0 Å². The summed E-state index contributed by atoms with van der Waals surface area (Å²) in [5.41, 5.74) is 10.5. The third kappa shape index (κ3) is 9.86. The molecule has 0 radical (unpaired) electrons. The minimum absolute atomic E-state index is 0.750. The number of alkyl halides is 6. The third-order valence-corrected chi connectivity index (χ3v) is 15.7. The Labute approximate surface area is 474 Å². The average Bonchev–Trinajstić information content (AvgIpc) is 4.15. The van der Waals surface area contributed by atoms with Crippen molar-refractivity contribution in [2.75, 3.05) is 0 Å². The van der Waals surface area contributed by atoms with Gasteiger partial charge in [-0.2, -0.15) is 0 Å². The van der Waals surface area contributed by atoms with Crippen molar-refractivity contribution in [3.05, 3.63) is 146 Å². The molecule has 13 rings (SSSR count). The van der Waals surface area contributed by atoms with Gasteiger partial charge in [0.15, 0.2) is 8.59 Å². The van der Waals surface area contributed by atoms with Gasteiger partial charge in [0.05, 0.1) is 0 Å². The highest BCUT2D eigenvalue weighted by atomic mass is 35.6. The first-order valence-electron chi connectivity index (χ1n) is 27.1. The van der Waals surface area contributed by atoms with Crippen molar-refractivity contribution in [2.45, 2.75) is 114 Å². The van der Waals surface area contributed by atoms with Crippen molar-refractivity contribution >= 4 is 200 Å². The molecule has 4 nitrogen and oxygen atoms in total. The predicted molar refractivity (Wildman–Crippen MR) is 340 cm³/mol. The second kappa shape index (κ2) is 22.6. The molecule has 16 bridgehead atoms. The molecule has 0 aliphatic carbocycles. The van der Waals surface area contributed by atoms with Crippen LogP contribution in [0.2, 0.25) is 0 Å². The highest BCUT2D eigenvalue weighted by Gasteiger charge is 2.17. The molecular formula is C66H62Cl6N4. The van der Waals surface area contributed by atoms with Gasteiger partial charge in [0, 0.05) is 113 Å². The van der Waals surface area contributed by atoms with Crippen LogP contribution in [0.25, 0.3) is 130 Å². The number of halogens is 6. The van der Waals surface area contributed by atoms with Crippen molar-refractivity contribution < 1.29 is 0 Å². The highest BCUT2D eigenvalue weighted by Crippen LogP contribution is 2.40. The molecule has 10 heteroatoms. The number of unbranched alkanes of at least 4 members (excludes halogenated alkanes) is 4. The van der Waals surface area contributed by atoms with Gasteiger partial charge in [-0.3, -0.25) is 0 Å². The molecule has 13 aromatic rings. The number of fused-ring (bicyclic) bond motifs is 12. The quantitative estimate of drug-likeness (QED) is 0.109. The molecule has 4 aromatic heterocycles. The van der Waals surface area contributed by atoms with Gasteiger partial charge < -0.3 is 18.3 Å². The number of rotatable bonds is 12. The SMILES string of the molecule is CCCCn1c2ccc3cc2c2cc(ccc21)c1ccc2c(c1)c1cc(ccc1n2CCCC)c1ccc2c(c1)c1cc(ccc1n2CCCC)c1ccc2c(c1)c1cc3ccc1n2CCCC.ClC(Cl)Cl.ClC(Cl)Cl. The number of nitrogens with zero attached hydrogens (tertiary/aromatic N) is 4. The minimum atomic E-state index is -0.750. The maximum atomic E-state index is 4.81. The summed E-state index contributed by atoms with van der Waals surface area (Å²) in [5, 5.41) is 20.7. The molecule has 0 spiro atoms. The first-order chi connectivity index (χ1) is 37.0. The van der Waals surface area contributed by atoms with Crippen LogP contribution in [0.4, 0.5) is 0 Å². The lowest BCUT2D eigenvalue weighted by atomic mass is 10.0. The van der Waals surface area contributed by atoms with E-state index in [1.165, 1.54) is 130 Å². The van der Waals surface area contributed by atoms with E-state index in [2.05, 4.69) is 192 Å². The molecular weight excluding hydrogens is 1060 g/mol. The Bertz CT molecular complexity index is 3540. The molecule has 0 amide bonds. The van der Waals surface area contributed by atoms with E-state index in [0.717, 1.165) is 77.5 Å². The maximum absolute atomic E-state index is 4.81. The van der Waals surface area contributed by atoms with Crippen LogP contribution < -0.4 is 0 Å². The zero-order chi connectivity index (χ0) is 52.8. The summed E-state index contributed by atoms with van der Waals surface area (Å²) >= 11 is 28.8.